The van der Waals surface area contributed by atoms with E-state index in [0.29, 0.717) is 17.2 Å². The van der Waals surface area contributed by atoms with Crippen molar-refractivity contribution in [2.24, 2.45) is 0 Å². The van der Waals surface area contributed by atoms with Crippen molar-refractivity contribution in [3.8, 4) is 11.5 Å². The van der Waals surface area contributed by atoms with Gasteiger partial charge in [-0.25, -0.2) is 8.42 Å². The van der Waals surface area contributed by atoms with Crippen molar-refractivity contribution in [2.45, 2.75) is 24.9 Å². The minimum atomic E-state index is -3.91. The first kappa shape index (κ1) is 22.8. The molecule has 0 saturated heterocycles. The van der Waals surface area contributed by atoms with E-state index in [1.165, 1.54) is 47.9 Å². The van der Waals surface area contributed by atoms with Gasteiger partial charge >= 0.3 is 0 Å². The molecule has 0 aliphatic carbocycles. The summed E-state index contributed by atoms with van der Waals surface area (Å²) in [6, 6.07) is 15.5. The van der Waals surface area contributed by atoms with E-state index in [2.05, 4.69) is 5.32 Å². The Bertz CT molecular complexity index is 1140. The van der Waals surface area contributed by atoms with Crippen molar-refractivity contribution in [3.05, 3.63) is 70.4 Å². The normalized spacial score (nSPS) is 11.4. The predicted octanol–water partition coefficient (Wildman–Crippen LogP) is 4.11. The second-order valence-electron chi connectivity index (χ2n) is 6.71. The fourth-order valence-corrected chi connectivity index (χ4v) is 5.33. The van der Waals surface area contributed by atoms with E-state index in [1.54, 1.807) is 13.2 Å². The van der Waals surface area contributed by atoms with Crippen LogP contribution < -0.4 is 14.8 Å². The summed E-state index contributed by atoms with van der Waals surface area (Å²) < 4.78 is 39.3. The number of ether oxygens (including phenoxy) is 2. The van der Waals surface area contributed by atoms with Gasteiger partial charge in [0.2, 0.25) is 15.9 Å². The van der Waals surface area contributed by atoms with Crippen LogP contribution in [0, 0.1) is 0 Å². The lowest BCUT2D eigenvalue weighted by Crippen LogP contribution is -2.30. The quantitative estimate of drug-likeness (QED) is 0.519. The lowest BCUT2D eigenvalue weighted by Gasteiger charge is -2.23. The summed E-state index contributed by atoms with van der Waals surface area (Å²) in [7, 11) is -0.892. The fourth-order valence-electron chi connectivity index (χ4n) is 3.11. The maximum Gasteiger partial charge on any atom is 0.243 e. The number of nitrogens with one attached hydrogen (secondary N) is 1. The molecular formula is C22H24N2O5S2. The minimum Gasteiger partial charge on any atom is -0.496 e. The minimum absolute atomic E-state index is 0.0588. The van der Waals surface area contributed by atoms with Gasteiger partial charge in [-0.3, -0.25) is 4.79 Å². The monoisotopic (exact) mass is 460 g/mol. The average molecular weight is 461 g/mol. The molecule has 1 heterocycles. The van der Waals surface area contributed by atoms with Crippen LogP contribution >= 0.6 is 11.3 Å². The van der Waals surface area contributed by atoms with Gasteiger partial charge in [0.15, 0.2) is 0 Å². The molecule has 0 aliphatic heterocycles. The van der Waals surface area contributed by atoms with Crippen molar-refractivity contribution < 1.29 is 22.7 Å². The molecule has 0 bridgehead atoms. The molecule has 1 aromatic heterocycles. The van der Waals surface area contributed by atoms with Gasteiger partial charge in [0.1, 0.15) is 11.5 Å². The van der Waals surface area contributed by atoms with Gasteiger partial charge in [-0.2, -0.15) is 4.31 Å². The molecule has 3 rings (SSSR count). The SMILES string of the molecule is COc1ccccc1CN(Cc1cccs1)S(=O)(=O)c1ccc(OC)c(NC(C)=O)c1. The fraction of sp³-hybridized carbons (Fsp3) is 0.227. The van der Waals surface area contributed by atoms with Gasteiger partial charge in [-0.15, -0.1) is 11.3 Å². The topological polar surface area (TPSA) is 84.9 Å². The summed E-state index contributed by atoms with van der Waals surface area (Å²) in [6.07, 6.45) is 0. The summed E-state index contributed by atoms with van der Waals surface area (Å²) in [5, 5.41) is 4.53. The lowest BCUT2D eigenvalue weighted by atomic mass is 10.2. The summed E-state index contributed by atoms with van der Waals surface area (Å²) in [6.45, 7) is 1.69. The standard InChI is InChI=1S/C22H24N2O5S2/c1-16(25)23-20-13-19(10-11-22(20)29-3)31(26,27)24(15-18-8-6-12-30-18)14-17-7-4-5-9-21(17)28-2/h4-13H,14-15H2,1-3H3,(H,23,25). The molecule has 2 aromatic carbocycles. The number of carbonyl (C=O) groups is 1. The number of para-hydroxylation sites is 1. The maximum absolute atomic E-state index is 13.6. The first-order valence-corrected chi connectivity index (χ1v) is 11.8. The molecule has 31 heavy (non-hydrogen) atoms. The second-order valence-corrected chi connectivity index (χ2v) is 9.68. The van der Waals surface area contributed by atoms with Crippen LogP contribution in [0.2, 0.25) is 0 Å². The molecule has 0 spiro atoms. The Morgan fingerprint density at radius 3 is 2.39 bits per heavy atom. The Kier molecular flexibility index (Phi) is 7.32. The van der Waals surface area contributed by atoms with Crippen molar-refractivity contribution in [2.75, 3.05) is 19.5 Å². The largest absolute Gasteiger partial charge is 0.496 e. The average Bonchev–Trinajstić information content (AvgIpc) is 3.26. The number of anilines is 1. The van der Waals surface area contributed by atoms with Crippen LogP contribution in [0.25, 0.3) is 0 Å². The first-order valence-electron chi connectivity index (χ1n) is 9.45. The van der Waals surface area contributed by atoms with Gasteiger partial charge < -0.3 is 14.8 Å². The molecule has 3 aromatic rings. The van der Waals surface area contributed by atoms with E-state index in [-0.39, 0.29) is 23.9 Å². The van der Waals surface area contributed by atoms with Crippen LogP contribution in [-0.2, 0) is 27.9 Å². The molecule has 0 saturated carbocycles. The number of thiophene rings is 1. The van der Waals surface area contributed by atoms with E-state index in [4.69, 9.17) is 9.47 Å². The number of carbonyl (C=O) groups excluding carboxylic acids is 1. The Hall–Kier alpha value is -2.88. The van der Waals surface area contributed by atoms with Gasteiger partial charge in [-0.1, -0.05) is 24.3 Å². The smallest absolute Gasteiger partial charge is 0.243 e. The van der Waals surface area contributed by atoms with Crippen LogP contribution in [0.3, 0.4) is 0 Å². The zero-order chi connectivity index (χ0) is 22.4. The van der Waals surface area contributed by atoms with E-state index in [0.717, 1.165) is 10.4 Å². The van der Waals surface area contributed by atoms with Gasteiger partial charge in [0.25, 0.3) is 0 Å². The molecule has 0 unspecified atom stereocenters. The zero-order valence-corrected chi connectivity index (χ0v) is 19.1. The lowest BCUT2D eigenvalue weighted by molar-refractivity contribution is -0.114. The van der Waals surface area contributed by atoms with Crippen LogP contribution in [-0.4, -0.2) is 32.8 Å². The molecule has 1 N–H and O–H groups in total. The molecule has 0 fully saturated rings. The number of hydrogen-bond acceptors (Lipinski definition) is 6. The van der Waals surface area contributed by atoms with Crippen LogP contribution in [0.15, 0.2) is 64.9 Å². The van der Waals surface area contributed by atoms with Crippen LogP contribution in [0.5, 0.6) is 11.5 Å². The van der Waals surface area contributed by atoms with Gasteiger partial charge in [0.05, 0.1) is 24.8 Å². The summed E-state index contributed by atoms with van der Waals surface area (Å²) in [5.41, 5.74) is 1.05. The number of nitrogens with zero attached hydrogens (tertiary/aromatic N) is 1. The number of methoxy groups -OCH3 is 2. The van der Waals surface area contributed by atoms with Crippen molar-refractivity contribution in [3.63, 3.8) is 0 Å². The van der Waals surface area contributed by atoms with E-state index in [9.17, 15) is 13.2 Å². The Morgan fingerprint density at radius 2 is 1.74 bits per heavy atom. The highest BCUT2D eigenvalue weighted by Gasteiger charge is 2.27. The number of amides is 1. The molecule has 7 nitrogen and oxygen atoms in total. The summed E-state index contributed by atoms with van der Waals surface area (Å²) in [5.74, 6) is 0.670. The molecular weight excluding hydrogens is 436 g/mol. The van der Waals surface area contributed by atoms with E-state index in [1.807, 2.05) is 35.7 Å². The molecule has 0 atom stereocenters. The van der Waals surface area contributed by atoms with Crippen LogP contribution in [0.4, 0.5) is 5.69 Å². The van der Waals surface area contributed by atoms with E-state index >= 15 is 0 Å². The third-order valence-electron chi connectivity index (χ3n) is 4.57. The third-order valence-corrected chi connectivity index (χ3v) is 7.22. The van der Waals surface area contributed by atoms with Crippen molar-refractivity contribution >= 4 is 33.0 Å². The highest BCUT2D eigenvalue weighted by Crippen LogP contribution is 2.31. The van der Waals surface area contributed by atoms with Crippen molar-refractivity contribution in [1.29, 1.82) is 0 Å². The molecule has 0 aliphatic rings. The molecule has 0 radical (unpaired) electrons. The molecule has 164 valence electrons. The number of benzene rings is 2. The number of rotatable bonds is 9. The highest BCUT2D eigenvalue weighted by molar-refractivity contribution is 7.89. The number of hydrogen-bond donors (Lipinski definition) is 1. The second kappa shape index (κ2) is 9.95. The first-order chi connectivity index (χ1) is 14.8. The van der Waals surface area contributed by atoms with E-state index < -0.39 is 10.0 Å². The highest BCUT2D eigenvalue weighted by atomic mass is 32.2. The third kappa shape index (κ3) is 5.43. The maximum atomic E-state index is 13.6. The van der Waals surface area contributed by atoms with Gasteiger partial charge in [0, 0.05) is 30.5 Å². The van der Waals surface area contributed by atoms with Crippen molar-refractivity contribution in [1.82, 2.24) is 4.31 Å². The number of sulfonamides is 1. The molecule has 9 heteroatoms. The molecule has 1 amide bonds. The van der Waals surface area contributed by atoms with Gasteiger partial charge in [-0.05, 0) is 35.7 Å². The summed E-state index contributed by atoms with van der Waals surface area (Å²) in [4.78, 5) is 12.5. The Labute approximate surface area is 186 Å². The zero-order valence-electron chi connectivity index (χ0n) is 17.5. The predicted molar refractivity (Wildman–Crippen MR) is 121 cm³/mol. The Morgan fingerprint density at radius 1 is 1.00 bits per heavy atom. The Balaban J connectivity index is 2.03. The summed E-state index contributed by atoms with van der Waals surface area (Å²) >= 11 is 1.49. The van der Waals surface area contributed by atoms with Crippen LogP contribution in [0.1, 0.15) is 17.4 Å².